The average molecular weight is 212 g/mol. The van der Waals surface area contributed by atoms with Crippen LogP contribution in [0.2, 0.25) is 0 Å². The monoisotopic (exact) mass is 212 g/mol. The van der Waals surface area contributed by atoms with Gasteiger partial charge in [-0.3, -0.25) is 4.79 Å². The molecule has 2 saturated heterocycles. The highest BCUT2D eigenvalue weighted by Gasteiger charge is 2.42. The van der Waals surface area contributed by atoms with E-state index in [-0.39, 0.29) is 24.1 Å². The molecular formula is C11H20N2O2. The zero-order valence-electron chi connectivity index (χ0n) is 9.33. The number of hydrogen-bond acceptors (Lipinski definition) is 3. The van der Waals surface area contributed by atoms with Crippen molar-refractivity contribution < 1.29 is 9.90 Å². The van der Waals surface area contributed by atoms with Crippen molar-refractivity contribution in [2.45, 2.75) is 44.2 Å². The zero-order chi connectivity index (χ0) is 10.9. The smallest absolute Gasteiger partial charge is 0.242 e. The van der Waals surface area contributed by atoms with Gasteiger partial charge >= 0.3 is 0 Å². The van der Waals surface area contributed by atoms with Gasteiger partial charge in [0, 0.05) is 6.54 Å². The summed E-state index contributed by atoms with van der Waals surface area (Å²) in [6.45, 7) is 3.82. The van der Waals surface area contributed by atoms with Gasteiger partial charge in [0.1, 0.15) is 0 Å². The SMILES string of the molecule is CC1(C(=O)N2CCC[C@@H]2CO)CCCN1. The fourth-order valence-corrected chi connectivity index (χ4v) is 2.69. The Hall–Kier alpha value is -0.610. The first-order valence-corrected chi connectivity index (χ1v) is 5.84. The number of rotatable bonds is 2. The minimum atomic E-state index is -0.377. The molecule has 0 aliphatic carbocycles. The molecule has 2 atom stereocenters. The van der Waals surface area contributed by atoms with Crippen LogP contribution in [0.3, 0.4) is 0 Å². The second-order valence-corrected chi connectivity index (χ2v) is 4.84. The number of carbonyl (C=O) groups excluding carboxylic acids is 1. The third kappa shape index (κ3) is 1.88. The van der Waals surface area contributed by atoms with E-state index in [1.165, 1.54) is 0 Å². The van der Waals surface area contributed by atoms with E-state index >= 15 is 0 Å². The normalized spacial score (nSPS) is 36.1. The third-order valence-corrected chi connectivity index (χ3v) is 3.69. The minimum Gasteiger partial charge on any atom is -0.394 e. The molecule has 2 rings (SSSR count). The number of likely N-dealkylation sites (tertiary alicyclic amines) is 1. The number of amides is 1. The summed E-state index contributed by atoms with van der Waals surface area (Å²) in [5, 5.41) is 12.5. The van der Waals surface area contributed by atoms with Crippen LogP contribution >= 0.6 is 0 Å². The van der Waals surface area contributed by atoms with E-state index in [4.69, 9.17) is 0 Å². The Morgan fingerprint density at radius 1 is 1.60 bits per heavy atom. The fourth-order valence-electron chi connectivity index (χ4n) is 2.69. The van der Waals surface area contributed by atoms with Gasteiger partial charge in [-0.15, -0.1) is 0 Å². The summed E-state index contributed by atoms with van der Waals surface area (Å²) in [6, 6.07) is 0.0525. The van der Waals surface area contributed by atoms with E-state index < -0.39 is 0 Å². The summed E-state index contributed by atoms with van der Waals surface area (Å²) >= 11 is 0. The quantitative estimate of drug-likeness (QED) is 0.683. The first-order valence-electron chi connectivity index (χ1n) is 5.84. The lowest BCUT2D eigenvalue weighted by atomic mass is 9.98. The number of carbonyl (C=O) groups is 1. The van der Waals surface area contributed by atoms with Crippen molar-refractivity contribution >= 4 is 5.91 Å². The van der Waals surface area contributed by atoms with Crippen LogP contribution in [-0.4, -0.2) is 47.2 Å². The predicted molar refractivity (Wildman–Crippen MR) is 57.5 cm³/mol. The van der Waals surface area contributed by atoms with Gasteiger partial charge in [0.05, 0.1) is 18.2 Å². The standard InChI is InChI=1S/C11H20N2O2/c1-11(5-3-6-12-11)10(15)13-7-2-4-9(13)8-14/h9,12,14H,2-8H2,1H3/t9-,11?/m1/s1. The van der Waals surface area contributed by atoms with E-state index in [2.05, 4.69) is 5.32 Å². The lowest BCUT2D eigenvalue weighted by Gasteiger charge is -2.32. The van der Waals surface area contributed by atoms with Gasteiger partial charge in [0.25, 0.3) is 0 Å². The topological polar surface area (TPSA) is 52.6 Å². The van der Waals surface area contributed by atoms with Gasteiger partial charge in [-0.25, -0.2) is 0 Å². The maximum absolute atomic E-state index is 12.3. The lowest BCUT2D eigenvalue weighted by Crippen LogP contribution is -2.54. The Morgan fingerprint density at radius 2 is 2.40 bits per heavy atom. The van der Waals surface area contributed by atoms with Crippen molar-refractivity contribution in [1.82, 2.24) is 10.2 Å². The molecule has 1 amide bonds. The Labute approximate surface area is 90.6 Å². The van der Waals surface area contributed by atoms with E-state index in [0.717, 1.165) is 38.8 Å². The predicted octanol–water partition coefficient (Wildman–Crippen LogP) is 0.112. The van der Waals surface area contributed by atoms with Crippen LogP contribution in [0.15, 0.2) is 0 Å². The summed E-state index contributed by atoms with van der Waals surface area (Å²) in [5.41, 5.74) is -0.377. The van der Waals surface area contributed by atoms with Crippen molar-refractivity contribution in [3.8, 4) is 0 Å². The van der Waals surface area contributed by atoms with Crippen molar-refractivity contribution in [2.24, 2.45) is 0 Å². The molecule has 0 aromatic heterocycles. The fraction of sp³-hybridized carbons (Fsp3) is 0.909. The van der Waals surface area contributed by atoms with Crippen LogP contribution in [0, 0.1) is 0 Å². The van der Waals surface area contributed by atoms with Gasteiger partial charge in [0.2, 0.25) is 5.91 Å². The van der Waals surface area contributed by atoms with Crippen molar-refractivity contribution in [3.05, 3.63) is 0 Å². The van der Waals surface area contributed by atoms with Crippen LogP contribution in [0.5, 0.6) is 0 Å². The molecule has 4 nitrogen and oxygen atoms in total. The van der Waals surface area contributed by atoms with E-state index in [0.29, 0.717) is 0 Å². The summed E-state index contributed by atoms with van der Waals surface area (Å²) in [7, 11) is 0. The highest BCUT2D eigenvalue weighted by atomic mass is 16.3. The Bertz CT molecular complexity index is 249. The van der Waals surface area contributed by atoms with Crippen molar-refractivity contribution in [1.29, 1.82) is 0 Å². The zero-order valence-corrected chi connectivity index (χ0v) is 9.33. The molecule has 15 heavy (non-hydrogen) atoms. The summed E-state index contributed by atoms with van der Waals surface area (Å²) in [4.78, 5) is 14.2. The average Bonchev–Trinajstić information content (AvgIpc) is 2.85. The highest BCUT2D eigenvalue weighted by molar-refractivity contribution is 5.86. The first kappa shape index (κ1) is 10.9. The Morgan fingerprint density at radius 3 is 3.00 bits per heavy atom. The second kappa shape index (κ2) is 4.10. The van der Waals surface area contributed by atoms with Crippen molar-refractivity contribution in [3.63, 3.8) is 0 Å². The van der Waals surface area contributed by atoms with Crippen LogP contribution in [0.1, 0.15) is 32.6 Å². The van der Waals surface area contributed by atoms with Crippen LogP contribution < -0.4 is 5.32 Å². The number of aliphatic hydroxyl groups is 1. The second-order valence-electron chi connectivity index (χ2n) is 4.84. The highest BCUT2D eigenvalue weighted by Crippen LogP contribution is 2.26. The molecule has 0 bridgehead atoms. The summed E-state index contributed by atoms with van der Waals surface area (Å²) < 4.78 is 0. The Kier molecular flexibility index (Phi) is 2.98. The number of nitrogens with zero attached hydrogens (tertiary/aromatic N) is 1. The van der Waals surface area contributed by atoms with Gasteiger partial charge in [-0.1, -0.05) is 0 Å². The third-order valence-electron chi connectivity index (χ3n) is 3.69. The maximum Gasteiger partial charge on any atom is 0.242 e. The maximum atomic E-state index is 12.3. The number of hydrogen-bond donors (Lipinski definition) is 2. The lowest BCUT2D eigenvalue weighted by molar-refractivity contribution is -0.138. The largest absolute Gasteiger partial charge is 0.394 e. The summed E-state index contributed by atoms with van der Waals surface area (Å²) in [5.74, 6) is 0.177. The van der Waals surface area contributed by atoms with Crippen molar-refractivity contribution in [2.75, 3.05) is 19.7 Å². The molecule has 0 spiro atoms. The number of nitrogens with one attached hydrogen (secondary N) is 1. The van der Waals surface area contributed by atoms with Gasteiger partial charge in [-0.05, 0) is 39.2 Å². The van der Waals surface area contributed by atoms with Crippen LogP contribution in [-0.2, 0) is 4.79 Å². The molecule has 2 heterocycles. The van der Waals surface area contributed by atoms with E-state index in [9.17, 15) is 9.90 Å². The minimum absolute atomic E-state index is 0.0525. The van der Waals surface area contributed by atoms with E-state index in [1.54, 1.807) is 0 Å². The van der Waals surface area contributed by atoms with E-state index in [1.807, 2.05) is 11.8 Å². The number of aliphatic hydroxyl groups excluding tert-OH is 1. The van der Waals surface area contributed by atoms with Gasteiger partial charge < -0.3 is 15.3 Å². The molecule has 4 heteroatoms. The molecule has 2 N–H and O–H groups in total. The molecule has 0 aromatic carbocycles. The molecule has 2 aliphatic heterocycles. The molecule has 0 saturated carbocycles. The van der Waals surface area contributed by atoms with Gasteiger partial charge in [0.15, 0.2) is 0 Å². The van der Waals surface area contributed by atoms with Crippen LogP contribution in [0.25, 0.3) is 0 Å². The van der Waals surface area contributed by atoms with Crippen LogP contribution in [0.4, 0.5) is 0 Å². The molecule has 1 unspecified atom stereocenters. The summed E-state index contributed by atoms with van der Waals surface area (Å²) in [6.07, 6.45) is 3.95. The molecule has 0 radical (unpaired) electrons. The first-order chi connectivity index (χ1) is 7.17. The molecule has 2 fully saturated rings. The molecular weight excluding hydrogens is 192 g/mol. The molecule has 86 valence electrons. The molecule has 0 aromatic rings. The molecule has 2 aliphatic rings. The Balaban J connectivity index is 2.06. The van der Waals surface area contributed by atoms with Gasteiger partial charge in [-0.2, -0.15) is 0 Å².